The van der Waals surface area contributed by atoms with Crippen LogP contribution >= 0.6 is 0 Å². The molecule has 2 aliphatic carbocycles. The molecule has 2 fully saturated rings. The van der Waals surface area contributed by atoms with Crippen molar-refractivity contribution in [2.24, 2.45) is 17.3 Å². The van der Waals surface area contributed by atoms with E-state index in [1.54, 1.807) is 0 Å². The van der Waals surface area contributed by atoms with Gasteiger partial charge in [-0.3, -0.25) is 0 Å². The SMILES string of the molecule is CCC1(C)CC2CC(C)C[C@@](O)(C2)C1. The van der Waals surface area contributed by atoms with Gasteiger partial charge < -0.3 is 5.11 Å². The molecule has 3 unspecified atom stereocenters. The molecule has 2 bridgehead atoms. The first-order valence-electron chi connectivity index (χ1n) is 6.17. The van der Waals surface area contributed by atoms with Gasteiger partial charge in [0, 0.05) is 0 Å². The summed E-state index contributed by atoms with van der Waals surface area (Å²) in [5.74, 6) is 1.53. The maximum absolute atomic E-state index is 10.5. The van der Waals surface area contributed by atoms with Gasteiger partial charge in [0.2, 0.25) is 0 Å². The van der Waals surface area contributed by atoms with Gasteiger partial charge in [-0.25, -0.2) is 0 Å². The Labute approximate surface area is 87.9 Å². The molecule has 0 spiro atoms. The lowest BCUT2D eigenvalue weighted by atomic mass is 9.57. The third-order valence-corrected chi connectivity index (χ3v) is 4.52. The largest absolute Gasteiger partial charge is 0.390 e. The first kappa shape index (κ1) is 10.5. The summed E-state index contributed by atoms with van der Waals surface area (Å²) >= 11 is 0. The number of fused-ring (bicyclic) bond motifs is 2. The Morgan fingerprint density at radius 3 is 2.57 bits per heavy atom. The van der Waals surface area contributed by atoms with E-state index in [0.29, 0.717) is 5.41 Å². The molecule has 2 aliphatic rings. The van der Waals surface area contributed by atoms with E-state index in [9.17, 15) is 5.11 Å². The van der Waals surface area contributed by atoms with Crippen LogP contribution in [0.1, 0.15) is 59.3 Å². The minimum Gasteiger partial charge on any atom is -0.390 e. The molecular weight excluding hydrogens is 172 g/mol. The lowest BCUT2D eigenvalue weighted by molar-refractivity contribution is -0.108. The molecule has 0 radical (unpaired) electrons. The van der Waals surface area contributed by atoms with Gasteiger partial charge in [0.1, 0.15) is 0 Å². The molecule has 4 atom stereocenters. The van der Waals surface area contributed by atoms with Gasteiger partial charge in [-0.1, -0.05) is 27.2 Å². The minimum absolute atomic E-state index is 0.314. The van der Waals surface area contributed by atoms with Crippen molar-refractivity contribution in [2.45, 2.75) is 64.9 Å². The summed E-state index contributed by atoms with van der Waals surface area (Å²) in [6.07, 6.45) is 7.07. The van der Waals surface area contributed by atoms with E-state index in [2.05, 4.69) is 20.8 Å². The summed E-state index contributed by atoms with van der Waals surface area (Å²) in [7, 11) is 0. The zero-order valence-electron chi connectivity index (χ0n) is 9.84. The van der Waals surface area contributed by atoms with E-state index in [1.807, 2.05) is 0 Å². The van der Waals surface area contributed by atoms with Crippen LogP contribution < -0.4 is 0 Å². The van der Waals surface area contributed by atoms with Crippen LogP contribution in [0.3, 0.4) is 0 Å². The summed E-state index contributed by atoms with van der Waals surface area (Å²) < 4.78 is 0. The van der Waals surface area contributed by atoms with E-state index in [-0.39, 0.29) is 5.60 Å². The van der Waals surface area contributed by atoms with Gasteiger partial charge in [-0.05, 0) is 49.4 Å². The fourth-order valence-electron chi connectivity index (χ4n) is 4.14. The van der Waals surface area contributed by atoms with Crippen LogP contribution in [0.15, 0.2) is 0 Å². The molecule has 0 heterocycles. The molecule has 2 saturated carbocycles. The molecule has 0 aromatic rings. The van der Waals surface area contributed by atoms with Gasteiger partial charge in [0.05, 0.1) is 5.60 Å². The third-order valence-electron chi connectivity index (χ3n) is 4.52. The highest BCUT2D eigenvalue weighted by atomic mass is 16.3. The van der Waals surface area contributed by atoms with Crippen LogP contribution in [-0.4, -0.2) is 10.7 Å². The normalized spacial score (nSPS) is 53.1. The molecule has 1 heteroatoms. The minimum atomic E-state index is -0.314. The standard InChI is InChI=1S/C13H24O/c1-4-12(3)7-11-5-10(2)6-13(14,8-11)9-12/h10-11,14H,4-9H2,1-3H3/t10?,11?,12?,13-/m1/s1. The summed E-state index contributed by atoms with van der Waals surface area (Å²) in [5.41, 5.74) is 0.100. The van der Waals surface area contributed by atoms with Crippen molar-refractivity contribution in [3.63, 3.8) is 0 Å². The van der Waals surface area contributed by atoms with Gasteiger partial charge in [0.15, 0.2) is 0 Å². The van der Waals surface area contributed by atoms with Gasteiger partial charge in [-0.15, -0.1) is 0 Å². The zero-order chi connectivity index (χ0) is 10.4. The van der Waals surface area contributed by atoms with E-state index in [4.69, 9.17) is 0 Å². The molecule has 0 aromatic carbocycles. The molecule has 1 N–H and O–H groups in total. The van der Waals surface area contributed by atoms with Crippen LogP contribution in [0.25, 0.3) is 0 Å². The maximum Gasteiger partial charge on any atom is 0.0658 e. The van der Waals surface area contributed by atoms with E-state index in [1.165, 1.54) is 19.3 Å². The van der Waals surface area contributed by atoms with Crippen LogP contribution in [0, 0.1) is 17.3 Å². The molecule has 0 saturated heterocycles. The second kappa shape index (κ2) is 3.23. The Hall–Kier alpha value is -0.0400. The van der Waals surface area contributed by atoms with E-state index < -0.39 is 0 Å². The first-order chi connectivity index (χ1) is 6.45. The Kier molecular flexibility index (Phi) is 2.42. The van der Waals surface area contributed by atoms with E-state index >= 15 is 0 Å². The van der Waals surface area contributed by atoms with Crippen LogP contribution in [-0.2, 0) is 0 Å². The van der Waals surface area contributed by atoms with Crippen molar-refractivity contribution in [3.8, 4) is 0 Å². The summed E-state index contributed by atoms with van der Waals surface area (Å²) in [4.78, 5) is 0. The highest BCUT2D eigenvalue weighted by molar-refractivity contribution is 4.99. The predicted octanol–water partition coefficient (Wildman–Crippen LogP) is 3.36. The van der Waals surface area contributed by atoms with Crippen molar-refractivity contribution >= 4 is 0 Å². The quantitative estimate of drug-likeness (QED) is 0.682. The first-order valence-corrected chi connectivity index (χ1v) is 6.17. The Balaban J connectivity index is 2.16. The Morgan fingerprint density at radius 1 is 1.29 bits per heavy atom. The lowest BCUT2D eigenvalue weighted by Gasteiger charge is -2.51. The third kappa shape index (κ3) is 1.84. The van der Waals surface area contributed by atoms with Crippen molar-refractivity contribution in [1.82, 2.24) is 0 Å². The van der Waals surface area contributed by atoms with Crippen molar-refractivity contribution in [2.75, 3.05) is 0 Å². The van der Waals surface area contributed by atoms with Crippen LogP contribution in [0.5, 0.6) is 0 Å². The van der Waals surface area contributed by atoms with Crippen molar-refractivity contribution < 1.29 is 5.11 Å². The van der Waals surface area contributed by atoms with Crippen molar-refractivity contribution in [1.29, 1.82) is 0 Å². The molecular formula is C13H24O. The second-order valence-corrected chi connectivity index (χ2v) is 6.38. The van der Waals surface area contributed by atoms with Crippen LogP contribution in [0.4, 0.5) is 0 Å². The van der Waals surface area contributed by atoms with Crippen LogP contribution in [0.2, 0.25) is 0 Å². The topological polar surface area (TPSA) is 20.2 Å². The second-order valence-electron chi connectivity index (χ2n) is 6.38. The van der Waals surface area contributed by atoms with E-state index in [0.717, 1.165) is 31.1 Å². The average Bonchev–Trinajstić information content (AvgIpc) is 1.99. The smallest absolute Gasteiger partial charge is 0.0658 e. The number of aliphatic hydroxyl groups is 1. The molecule has 82 valence electrons. The summed E-state index contributed by atoms with van der Waals surface area (Å²) in [6.45, 7) is 6.93. The summed E-state index contributed by atoms with van der Waals surface area (Å²) in [6, 6.07) is 0. The zero-order valence-corrected chi connectivity index (χ0v) is 9.84. The fraction of sp³-hybridized carbons (Fsp3) is 1.00. The molecule has 14 heavy (non-hydrogen) atoms. The highest BCUT2D eigenvalue weighted by Crippen LogP contribution is 2.53. The Morgan fingerprint density at radius 2 is 2.00 bits per heavy atom. The highest BCUT2D eigenvalue weighted by Gasteiger charge is 2.47. The summed E-state index contributed by atoms with van der Waals surface area (Å²) in [5, 5.41) is 10.5. The molecule has 0 aromatic heterocycles. The molecule has 0 aliphatic heterocycles. The maximum atomic E-state index is 10.5. The van der Waals surface area contributed by atoms with Crippen molar-refractivity contribution in [3.05, 3.63) is 0 Å². The lowest BCUT2D eigenvalue weighted by Crippen LogP contribution is -2.48. The van der Waals surface area contributed by atoms with Gasteiger partial charge >= 0.3 is 0 Å². The van der Waals surface area contributed by atoms with Gasteiger partial charge in [-0.2, -0.15) is 0 Å². The monoisotopic (exact) mass is 196 g/mol. The molecule has 2 rings (SSSR count). The molecule has 1 nitrogen and oxygen atoms in total. The van der Waals surface area contributed by atoms with Gasteiger partial charge in [0.25, 0.3) is 0 Å². The number of hydrogen-bond donors (Lipinski definition) is 1. The number of rotatable bonds is 1. The predicted molar refractivity (Wildman–Crippen MR) is 59.1 cm³/mol. The fourth-order valence-corrected chi connectivity index (χ4v) is 4.14. The number of hydrogen-bond acceptors (Lipinski definition) is 1. The Bertz CT molecular complexity index is 221. The average molecular weight is 196 g/mol. The molecule has 0 amide bonds.